The summed E-state index contributed by atoms with van der Waals surface area (Å²) < 4.78 is 0. The molecule has 0 spiro atoms. The molecular weight excluding hydrogens is 182 g/mol. The molecule has 0 radical (unpaired) electrons. The van der Waals surface area contributed by atoms with Crippen LogP contribution < -0.4 is 0 Å². The molecular formula is C14H17N. The lowest BCUT2D eigenvalue weighted by Gasteiger charge is -2.14. The molecule has 2 rings (SSSR count). The fourth-order valence-electron chi connectivity index (χ4n) is 2.47. The van der Waals surface area contributed by atoms with E-state index in [0.29, 0.717) is 5.92 Å². The van der Waals surface area contributed by atoms with Crippen molar-refractivity contribution in [2.24, 2.45) is 0 Å². The minimum atomic E-state index is 0.695. The van der Waals surface area contributed by atoms with Gasteiger partial charge in [-0.25, -0.2) is 0 Å². The van der Waals surface area contributed by atoms with Gasteiger partial charge >= 0.3 is 0 Å². The van der Waals surface area contributed by atoms with Crippen molar-refractivity contribution in [3.8, 4) is 6.07 Å². The van der Waals surface area contributed by atoms with Crippen LogP contribution in [0, 0.1) is 11.3 Å². The van der Waals surface area contributed by atoms with Crippen molar-refractivity contribution in [1.82, 2.24) is 0 Å². The Labute approximate surface area is 91.7 Å². The highest BCUT2D eigenvalue weighted by molar-refractivity contribution is 5.34. The SMILES string of the molecule is N#Cc1cccc(C2CCCCCC2)c1. The zero-order valence-corrected chi connectivity index (χ0v) is 9.08. The molecule has 0 aliphatic heterocycles. The summed E-state index contributed by atoms with van der Waals surface area (Å²) in [4.78, 5) is 0. The van der Waals surface area contributed by atoms with Crippen LogP contribution in [0.15, 0.2) is 24.3 Å². The van der Waals surface area contributed by atoms with Gasteiger partial charge in [-0.2, -0.15) is 5.26 Å². The summed E-state index contributed by atoms with van der Waals surface area (Å²) in [6.07, 6.45) is 8.07. The molecule has 78 valence electrons. The summed E-state index contributed by atoms with van der Waals surface area (Å²) >= 11 is 0. The van der Waals surface area contributed by atoms with Crippen LogP contribution in [0.25, 0.3) is 0 Å². The molecule has 1 aromatic rings. The van der Waals surface area contributed by atoms with Crippen molar-refractivity contribution >= 4 is 0 Å². The van der Waals surface area contributed by atoms with Gasteiger partial charge in [0.25, 0.3) is 0 Å². The van der Waals surface area contributed by atoms with E-state index in [-0.39, 0.29) is 0 Å². The molecule has 1 nitrogen and oxygen atoms in total. The minimum Gasteiger partial charge on any atom is -0.192 e. The largest absolute Gasteiger partial charge is 0.192 e. The zero-order chi connectivity index (χ0) is 10.5. The first kappa shape index (κ1) is 10.2. The molecule has 0 bridgehead atoms. The van der Waals surface area contributed by atoms with Crippen LogP contribution in [0.1, 0.15) is 55.6 Å². The molecule has 0 N–H and O–H groups in total. The highest BCUT2D eigenvalue weighted by Gasteiger charge is 2.14. The van der Waals surface area contributed by atoms with Gasteiger partial charge in [-0.15, -0.1) is 0 Å². The Morgan fingerprint density at radius 3 is 2.47 bits per heavy atom. The first-order valence-corrected chi connectivity index (χ1v) is 5.90. The van der Waals surface area contributed by atoms with E-state index < -0.39 is 0 Å². The average molecular weight is 199 g/mol. The maximum atomic E-state index is 8.87. The van der Waals surface area contributed by atoms with Gasteiger partial charge in [0.05, 0.1) is 11.6 Å². The Morgan fingerprint density at radius 1 is 1.07 bits per heavy atom. The minimum absolute atomic E-state index is 0.695. The Morgan fingerprint density at radius 2 is 1.80 bits per heavy atom. The molecule has 1 saturated carbocycles. The van der Waals surface area contributed by atoms with Crippen LogP contribution in [0.2, 0.25) is 0 Å². The zero-order valence-electron chi connectivity index (χ0n) is 9.08. The van der Waals surface area contributed by atoms with Gasteiger partial charge in [-0.05, 0) is 36.5 Å². The second-order valence-corrected chi connectivity index (χ2v) is 4.43. The first-order valence-electron chi connectivity index (χ1n) is 5.90. The Balaban J connectivity index is 2.16. The number of rotatable bonds is 1. The number of benzene rings is 1. The standard InChI is InChI=1S/C14H17N/c15-11-12-6-5-9-14(10-12)13-7-3-1-2-4-8-13/h5-6,9-10,13H,1-4,7-8H2. The highest BCUT2D eigenvalue weighted by Crippen LogP contribution is 2.31. The van der Waals surface area contributed by atoms with E-state index in [2.05, 4.69) is 18.2 Å². The Hall–Kier alpha value is -1.29. The molecule has 0 atom stereocenters. The van der Waals surface area contributed by atoms with Crippen LogP contribution >= 0.6 is 0 Å². The van der Waals surface area contributed by atoms with Crippen LogP contribution in [0.3, 0.4) is 0 Å². The second-order valence-electron chi connectivity index (χ2n) is 4.43. The maximum absolute atomic E-state index is 8.87. The fraction of sp³-hybridized carbons (Fsp3) is 0.500. The van der Waals surface area contributed by atoms with Gasteiger partial charge in [-0.3, -0.25) is 0 Å². The quantitative estimate of drug-likeness (QED) is 0.627. The molecule has 0 amide bonds. The van der Waals surface area contributed by atoms with E-state index in [1.165, 1.54) is 44.1 Å². The predicted molar refractivity (Wildman–Crippen MR) is 61.6 cm³/mol. The summed E-state index contributed by atoms with van der Waals surface area (Å²) in [7, 11) is 0. The molecule has 1 fully saturated rings. The summed E-state index contributed by atoms with van der Waals surface area (Å²) in [5, 5.41) is 8.87. The number of hydrogen-bond acceptors (Lipinski definition) is 1. The molecule has 15 heavy (non-hydrogen) atoms. The van der Waals surface area contributed by atoms with Crippen LogP contribution in [0.5, 0.6) is 0 Å². The van der Waals surface area contributed by atoms with Gasteiger partial charge in [0.15, 0.2) is 0 Å². The van der Waals surface area contributed by atoms with E-state index in [4.69, 9.17) is 5.26 Å². The van der Waals surface area contributed by atoms with Gasteiger partial charge in [0, 0.05) is 0 Å². The van der Waals surface area contributed by atoms with E-state index in [1.807, 2.05) is 12.1 Å². The van der Waals surface area contributed by atoms with Crippen LogP contribution in [0.4, 0.5) is 0 Å². The van der Waals surface area contributed by atoms with Crippen molar-refractivity contribution in [2.45, 2.75) is 44.4 Å². The summed E-state index contributed by atoms with van der Waals surface area (Å²) in [5.74, 6) is 0.695. The molecule has 0 aromatic heterocycles. The second kappa shape index (κ2) is 4.98. The lowest BCUT2D eigenvalue weighted by molar-refractivity contribution is 0.592. The smallest absolute Gasteiger partial charge is 0.0991 e. The van der Waals surface area contributed by atoms with Gasteiger partial charge in [0.2, 0.25) is 0 Å². The molecule has 0 saturated heterocycles. The van der Waals surface area contributed by atoms with Crippen LogP contribution in [-0.4, -0.2) is 0 Å². The third-order valence-corrected chi connectivity index (χ3v) is 3.34. The first-order chi connectivity index (χ1) is 7.40. The normalized spacial score (nSPS) is 18.1. The topological polar surface area (TPSA) is 23.8 Å². The van der Waals surface area contributed by atoms with E-state index in [9.17, 15) is 0 Å². The maximum Gasteiger partial charge on any atom is 0.0991 e. The van der Waals surface area contributed by atoms with Crippen molar-refractivity contribution in [2.75, 3.05) is 0 Å². The van der Waals surface area contributed by atoms with Gasteiger partial charge in [0.1, 0.15) is 0 Å². The number of hydrogen-bond donors (Lipinski definition) is 0. The molecule has 1 aromatic carbocycles. The fourth-order valence-corrected chi connectivity index (χ4v) is 2.47. The summed E-state index contributed by atoms with van der Waals surface area (Å²) in [5.41, 5.74) is 2.17. The third-order valence-electron chi connectivity index (χ3n) is 3.34. The van der Waals surface area contributed by atoms with E-state index >= 15 is 0 Å². The Bertz CT molecular complexity index is 354. The van der Waals surface area contributed by atoms with Crippen molar-refractivity contribution in [3.63, 3.8) is 0 Å². The van der Waals surface area contributed by atoms with Crippen molar-refractivity contribution in [3.05, 3.63) is 35.4 Å². The van der Waals surface area contributed by atoms with E-state index in [0.717, 1.165) is 5.56 Å². The highest BCUT2D eigenvalue weighted by atomic mass is 14.2. The van der Waals surface area contributed by atoms with E-state index in [1.54, 1.807) is 0 Å². The van der Waals surface area contributed by atoms with Crippen molar-refractivity contribution < 1.29 is 0 Å². The number of nitriles is 1. The molecule has 1 aliphatic rings. The third kappa shape index (κ3) is 2.59. The number of nitrogens with zero attached hydrogens (tertiary/aromatic N) is 1. The molecule has 0 heterocycles. The lowest BCUT2D eigenvalue weighted by atomic mass is 9.91. The predicted octanol–water partition coefficient (Wildman–Crippen LogP) is 4.00. The lowest BCUT2D eigenvalue weighted by Crippen LogP contribution is -1.97. The molecule has 0 unspecified atom stereocenters. The van der Waals surface area contributed by atoms with Crippen molar-refractivity contribution in [1.29, 1.82) is 5.26 Å². The average Bonchev–Trinajstić information content (AvgIpc) is 2.58. The monoisotopic (exact) mass is 199 g/mol. The molecule has 1 heteroatoms. The Kier molecular flexibility index (Phi) is 3.40. The summed E-state index contributed by atoms with van der Waals surface area (Å²) in [6.45, 7) is 0. The van der Waals surface area contributed by atoms with Crippen LogP contribution in [-0.2, 0) is 0 Å². The van der Waals surface area contributed by atoms with Gasteiger partial charge < -0.3 is 0 Å². The van der Waals surface area contributed by atoms with Gasteiger partial charge in [-0.1, -0.05) is 37.8 Å². The molecule has 1 aliphatic carbocycles. The summed E-state index contributed by atoms with van der Waals surface area (Å²) in [6, 6.07) is 10.4.